The van der Waals surface area contributed by atoms with Crippen molar-refractivity contribution in [2.24, 2.45) is 4.99 Å². The number of hydrogen-bond donors (Lipinski definition) is 2. The topological polar surface area (TPSA) is 39.7 Å². The summed E-state index contributed by atoms with van der Waals surface area (Å²) in [5, 5.41) is 6.63. The first-order valence-electron chi connectivity index (χ1n) is 7.18. The molecule has 0 aliphatic carbocycles. The van der Waals surface area contributed by atoms with Gasteiger partial charge in [-0.2, -0.15) is 0 Å². The Hall–Kier alpha value is -0.770. The summed E-state index contributed by atoms with van der Waals surface area (Å²) < 4.78 is 0. The van der Waals surface area contributed by atoms with Gasteiger partial charge in [-0.1, -0.05) is 19.3 Å². The Balaban J connectivity index is 3.34. The maximum absolute atomic E-state index is 4.18. The second kappa shape index (κ2) is 11.3. The number of unbranched alkanes of at least 4 members (excludes halogenated alkanes) is 4. The number of hydrogen-bond acceptors (Lipinski definition) is 2. The summed E-state index contributed by atoms with van der Waals surface area (Å²) in [6.07, 6.45) is 6.53. The third kappa shape index (κ3) is 11.7. The van der Waals surface area contributed by atoms with Crippen LogP contribution in [0.5, 0.6) is 0 Å². The third-order valence-corrected chi connectivity index (χ3v) is 2.72. The molecule has 0 aromatic heterocycles. The van der Waals surface area contributed by atoms with Crippen LogP contribution >= 0.6 is 0 Å². The van der Waals surface area contributed by atoms with Gasteiger partial charge in [0.05, 0.1) is 0 Å². The molecule has 0 aliphatic rings. The molecule has 0 aliphatic heterocycles. The Bertz CT molecular complexity index is 212. The summed E-state index contributed by atoms with van der Waals surface area (Å²) in [5.74, 6) is 0.914. The van der Waals surface area contributed by atoms with E-state index in [-0.39, 0.29) is 0 Å². The highest BCUT2D eigenvalue weighted by atomic mass is 15.2. The van der Waals surface area contributed by atoms with Crippen molar-refractivity contribution < 1.29 is 0 Å². The Kier molecular flexibility index (Phi) is 10.8. The van der Waals surface area contributed by atoms with Gasteiger partial charge in [0.15, 0.2) is 5.96 Å². The third-order valence-electron chi connectivity index (χ3n) is 2.72. The van der Waals surface area contributed by atoms with Gasteiger partial charge in [0, 0.05) is 19.6 Å². The molecule has 0 saturated carbocycles. The molecule has 0 fully saturated rings. The Labute approximate surface area is 113 Å². The van der Waals surface area contributed by atoms with Crippen LogP contribution in [0.1, 0.15) is 46.0 Å². The summed E-state index contributed by atoms with van der Waals surface area (Å²) in [6.45, 7) is 6.47. The van der Waals surface area contributed by atoms with Crippen molar-refractivity contribution in [3.63, 3.8) is 0 Å². The molecule has 4 nitrogen and oxygen atoms in total. The van der Waals surface area contributed by atoms with Gasteiger partial charge in [-0.3, -0.25) is 4.99 Å². The molecule has 0 amide bonds. The number of rotatable bonds is 9. The normalized spacial score (nSPS) is 12.3. The van der Waals surface area contributed by atoms with Crippen LogP contribution in [-0.4, -0.2) is 51.1 Å². The van der Waals surface area contributed by atoms with Crippen molar-refractivity contribution in [1.82, 2.24) is 15.5 Å². The zero-order chi connectivity index (χ0) is 13.8. The lowest BCUT2D eigenvalue weighted by Crippen LogP contribution is -2.41. The predicted molar refractivity (Wildman–Crippen MR) is 81.3 cm³/mol. The lowest BCUT2D eigenvalue weighted by Gasteiger charge is -2.14. The Morgan fingerprint density at radius 1 is 1.06 bits per heavy atom. The van der Waals surface area contributed by atoms with E-state index >= 15 is 0 Å². The summed E-state index contributed by atoms with van der Waals surface area (Å²) >= 11 is 0. The van der Waals surface area contributed by atoms with Gasteiger partial charge < -0.3 is 15.5 Å². The molecule has 4 heteroatoms. The van der Waals surface area contributed by atoms with Crippen molar-refractivity contribution in [2.75, 3.05) is 34.2 Å². The molecule has 0 radical (unpaired) electrons. The molecule has 0 unspecified atom stereocenters. The molecule has 0 atom stereocenters. The number of nitrogens with one attached hydrogen (secondary N) is 2. The summed E-state index contributed by atoms with van der Waals surface area (Å²) in [5.41, 5.74) is 0. The van der Waals surface area contributed by atoms with Gasteiger partial charge in [-0.15, -0.1) is 0 Å². The summed E-state index contributed by atoms with van der Waals surface area (Å²) in [6, 6.07) is 0.433. The molecular formula is C14H32N4. The standard InChI is InChI=1S/C14H32N4/c1-13(2)17-14(15-3)16-11-9-7-6-8-10-12-18(4)5/h13H,6-12H2,1-5H3,(H2,15,16,17). The minimum atomic E-state index is 0.433. The van der Waals surface area contributed by atoms with E-state index in [2.05, 4.69) is 48.5 Å². The lowest BCUT2D eigenvalue weighted by molar-refractivity contribution is 0.389. The van der Waals surface area contributed by atoms with E-state index in [4.69, 9.17) is 0 Å². The van der Waals surface area contributed by atoms with Gasteiger partial charge in [0.25, 0.3) is 0 Å². The average molecular weight is 256 g/mol. The number of nitrogens with zero attached hydrogens (tertiary/aromatic N) is 2. The van der Waals surface area contributed by atoms with E-state index in [1.54, 1.807) is 0 Å². The first kappa shape index (κ1) is 17.2. The van der Waals surface area contributed by atoms with Crippen LogP contribution in [0.3, 0.4) is 0 Å². The summed E-state index contributed by atoms with van der Waals surface area (Å²) in [4.78, 5) is 6.44. The molecule has 0 saturated heterocycles. The maximum atomic E-state index is 4.18. The van der Waals surface area contributed by atoms with E-state index in [1.807, 2.05) is 7.05 Å². The van der Waals surface area contributed by atoms with Gasteiger partial charge in [0.2, 0.25) is 0 Å². The monoisotopic (exact) mass is 256 g/mol. The second-order valence-electron chi connectivity index (χ2n) is 5.37. The fourth-order valence-corrected chi connectivity index (χ4v) is 1.76. The predicted octanol–water partition coefficient (Wildman–Crippen LogP) is 2.07. The van der Waals surface area contributed by atoms with Crippen LogP contribution in [0.15, 0.2) is 4.99 Å². The Morgan fingerprint density at radius 3 is 2.22 bits per heavy atom. The minimum Gasteiger partial charge on any atom is -0.356 e. The molecule has 0 rings (SSSR count). The smallest absolute Gasteiger partial charge is 0.191 e. The van der Waals surface area contributed by atoms with Crippen molar-refractivity contribution in [2.45, 2.75) is 52.0 Å². The highest BCUT2D eigenvalue weighted by Gasteiger charge is 1.98. The van der Waals surface area contributed by atoms with Crippen LogP contribution in [0.25, 0.3) is 0 Å². The van der Waals surface area contributed by atoms with Gasteiger partial charge in [-0.05, 0) is 47.3 Å². The van der Waals surface area contributed by atoms with Crippen molar-refractivity contribution in [3.8, 4) is 0 Å². The van der Waals surface area contributed by atoms with Gasteiger partial charge in [0.1, 0.15) is 0 Å². The molecule has 0 spiro atoms. The Morgan fingerprint density at radius 2 is 1.67 bits per heavy atom. The molecule has 0 aromatic carbocycles. The van der Waals surface area contributed by atoms with Gasteiger partial charge >= 0.3 is 0 Å². The zero-order valence-corrected chi connectivity index (χ0v) is 12.9. The minimum absolute atomic E-state index is 0.433. The largest absolute Gasteiger partial charge is 0.356 e. The first-order chi connectivity index (χ1) is 8.56. The highest BCUT2D eigenvalue weighted by molar-refractivity contribution is 5.79. The fourth-order valence-electron chi connectivity index (χ4n) is 1.76. The van der Waals surface area contributed by atoms with E-state index in [0.29, 0.717) is 6.04 Å². The van der Waals surface area contributed by atoms with Crippen LogP contribution in [0.2, 0.25) is 0 Å². The quantitative estimate of drug-likeness (QED) is 0.377. The van der Waals surface area contributed by atoms with E-state index in [0.717, 1.165) is 12.5 Å². The number of aliphatic imine (C=N–C) groups is 1. The average Bonchev–Trinajstić information content (AvgIpc) is 2.30. The van der Waals surface area contributed by atoms with Crippen LogP contribution in [0.4, 0.5) is 0 Å². The SMILES string of the molecule is CN=C(NCCCCCCCN(C)C)NC(C)C. The van der Waals surface area contributed by atoms with Crippen molar-refractivity contribution in [1.29, 1.82) is 0 Å². The molecule has 0 aromatic rings. The van der Waals surface area contributed by atoms with Crippen LogP contribution in [-0.2, 0) is 0 Å². The maximum Gasteiger partial charge on any atom is 0.191 e. The molecule has 108 valence electrons. The number of guanidine groups is 1. The lowest BCUT2D eigenvalue weighted by atomic mass is 10.1. The van der Waals surface area contributed by atoms with Crippen molar-refractivity contribution >= 4 is 5.96 Å². The van der Waals surface area contributed by atoms with Crippen LogP contribution in [0, 0.1) is 0 Å². The molecule has 2 N–H and O–H groups in total. The molecular weight excluding hydrogens is 224 g/mol. The van der Waals surface area contributed by atoms with Gasteiger partial charge in [-0.25, -0.2) is 0 Å². The van der Waals surface area contributed by atoms with Crippen LogP contribution < -0.4 is 10.6 Å². The molecule has 0 bridgehead atoms. The molecule has 0 heterocycles. The second-order valence-corrected chi connectivity index (χ2v) is 5.37. The summed E-state index contributed by atoms with van der Waals surface area (Å²) in [7, 11) is 6.09. The zero-order valence-electron chi connectivity index (χ0n) is 12.9. The fraction of sp³-hybridized carbons (Fsp3) is 0.929. The van der Waals surface area contributed by atoms with E-state index < -0.39 is 0 Å². The highest BCUT2D eigenvalue weighted by Crippen LogP contribution is 2.02. The molecule has 18 heavy (non-hydrogen) atoms. The van der Waals surface area contributed by atoms with E-state index in [9.17, 15) is 0 Å². The first-order valence-corrected chi connectivity index (χ1v) is 7.18. The van der Waals surface area contributed by atoms with Crippen molar-refractivity contribution in [3.05, 3.63) is 0 Å². The van der Waals surface area contributed by atoms with E-state index in [1.165, 1.54) is 38.6 Å².